The zero-order valence-corrected chi connectivity index (χ0v) is 15.3. The van der Waals surface area contributed by atoms with Crippen LogP contribution in [0.5, 0.6) is 0 Å². The van der Waals surface area contributed by atoms with Gasteiger partial charge in [-0.1, -0.05) is 72.4 Å². The number of carbonyl (C=O) groups is 1. The molecule has 4 nitrogen and oxygen atoms in total. The van der Waals surface area contributed by atoms with Crippen molar-refractivity contribution in [2.45, 2.75) is 18.1 Å². The lowest BCUT2D eigenvalue weighted by molar-refractivity contribution is -0.128. The Hall–Kier alpha value is -2.66. The van der Waals surface area contributed by atoms with Gasteiger partial charge in [0, 0.05) is 25.5 Å². The van der Waals surface area contributed by atoms with E-state index in [9.17, 15) is 4.79 Å². The molecule has 0 spiro atoms. The van der Waals surface area contributed by atoms with Crippen molar-refractivity contribution in [3.05, 3.63) is 90.3 Å². The van der Waals surface area contributed by atoms with Crippen LogP contribution < -0.4 is 0 Å². The smallest absolute Gasteiger partial charge is 0.233 e. The van der Waals surface area contributed by atoms with Gasteiger partial charge in [-0.25, -0.2) is 9.97 Å². The highest BCUT2D eigenvalue weighted by molar-refractivity contribution is 7.99. The van der Waals surface area contributed by atoms with E-state index in [0.29, 0.717) is 24.0 Å². The van der Waals surface area contributed by atoms with Crippen molar-refractivity contribution in [3.63, 3.8) is 0 Å². The standard InChI is InChI=1S/C21H21N3OS/c25-20(17-26-21-22-13-7-14-23-21)24(16-19-10-5-2-6-11-19)15-12-18-8-3-1-4-9-18/h1-11,13-14H,12,15-17H2. The van der Waals surface area contributed by atoms with E-state index in [4.69, 9.17) is 0 Å². The molecular formula is C21H21N3OS. The zero-order valence-electron chi connectivity index (χ0n) is 14.5. The fourth-order valence-electron chi connectivity index (χ4n) is 2.58. The lowest BCUT2D eigenvalue weighted by Crippen LogP contribution is -2.33. The van der Waals surface area contributed by atoms with Crippen LogP contribution in [0.25, 0.3) is 0 Å². The van der Waals surface area contributed by atoms with Crippen LogP contribution in [0.4, 0.5) is 0 Å². The fraction of sp³-hybridized carbons (Fsp3) is 0.190. The maximum absolute atomic E-state index is 12.8. The third kappa shape index (κ3) is 5.70. The van der Waals surface area contributed by atoms with E-state index in [1.54, 1.807) is 18.5 Å². The Kier molecular flexibility index (Phi) is 6.79. The second kappa shape index (κ2) is 9.73. The third-order valence-corrected chi connectivity index (χ3v) is 4.81. The summed E-state index contributed by atoms with van der Waals surface area (Å²) < 4.78 is 0. The summed E-state index contributed by atoms with van der Waals surface area (Å²) in [4.78, 5) is 23.0. The Morgan fingerprint density at radius 1 is 0.846 bits per heavy atom. The van der Waals surface area contributed by atoms with Crippen molar-refractivity contribution >= 4 is 17.7 Å². The summed E-state index contributed by atoms with van der Waals surface area (Å²) in [7, 11) is 0. The molecule has 0 bridgehead atoms. The van der Waals surface area contributed by atoms with E-state index in [2.05, 4.69) is 34.2 Å². The third-order valence-electron chi connectivity index (χ3n) is 3.95. The molecule has 132 valence electrons. The molecule has 3 rings (SSSR count). The van der Waals surface area contributed by atoms with E-state index < -0.39 is 0 Å². The highest BCUT2D eigenvalue weighted by atomic mass is 32.2. The van der Waals surface area contributed by atoms with Gasteiger partial charge in [-0.3, -0.25) is 4.79 Å². The van der Waals surface area contributed by atoms with Crippen molar-refractivity contribution in [2.24, 2.45) is 0 Å². The van der Waals surface area contributed by atoms with Crippen molar-refractivity contribution in [1.29, 1.82) is 0 Å². The van der Waals surface area contributed by atoms with Gasteiger partial charge in [0.2, 0.25) is 5.91 Å². The monoisotopic (exact) mass is 363 g/mol. The summed E-state index contributed by atoms with van der Waals surface area (Å²) in [5, 5.41) is 0.628. The van der Waals surface area contributed by atoms with Gasteiger partial charge in [0.25, 0.3) is 0 Å². The molecule has 26 heavy (non-hydrogen) atoms. The minimum atomic E-state index is 0.0993. The van der Waals surface area contributed by atoms with Gasteiger partial charge in [-0.2, -0.15) is 0 Å². The molecule has 0 saturated heterocycles. The van der Waals surface area contributed by atoms with E-state index in [1.165, 1.54) is 17.3 Å². The molecule has 0 aliphatic heterocycles. The van der Waals surface area contributed by atoms with Crippen LogP contribution in [0.15, 0.2) is 84.3 Å². The van der Waals surface area contributed by atoms with Crippen LogP contribution in [0.2, 0.25) is 0 Å². The molecule has 0 fully saturated rings. The molecule has 1 amide bonds. The largest absolute Gasteiger partial charge is 0.337 e. The maximum atomic E-state index is 12.8. The van der Waals surface area contributed by atoms with E-state index in [1.807, 2.05) is 41.3 Å². The molecule has 0 N–H and O–H groups in total. The fourth-order valence-corrected chi connectivity index (χ4v) is 3.29. The van der Waals surface area contributed by atoms with Gasteiger partial charge in [-0.05, 0) is 23.6 Å². The number of amides is 1. The molecule has 1 aromatic heterocycles. The average Bonchev–Trinajstić information content (AvgIpc) is 2.71. The summed E-state index contributed by atoms with van der Waals surface area (Å²) in [6.07, 6.45) is 4.22. The Bertz CT molecular complexity index is 797. The number of benzene rings is 2. The first-order valence-corrected chi connectivity index (χ1v) is 9.55. The summed E-state index contributed by atoms with van der Waals surface area (Å²) in [5.41, 5.74) is 2.37. The predicted octanol–water partition coefficient (Wildman–Crippen LogP) is 3.84. The van der Waals surface area contributed by atoms with Crippen molar-refractivity contribution in [1.82, 2.24) is 14.9 Å². The normalized spacial score (nSPS) is 10.5. The summed E-state index contributed by atoms with van der Waals surface area (Å²) in [5.74, 6) is 0.438. The van der Waals surface area contributed by atoms with Crippen molar-refractivity contribution < 1.29 is 4.79 Å². The van der Waals surface area contributed by atoms with Crippen LogP contribution in [0.1, 0.15) is 11.1 Å². The van der Waals surface area contributed by atoms with Gasteiger partial charge in [0.1, 0.15) is 0 Å². The van der Waals surface area contributed by atoms with Crippen LogP contribution in [0, 0.1) is 0 Å². The van der Waals surface area contributed by atoms with E-state index >= 15 is 0 Å². The number of nitrogens with zero attached hydrogens (tertiary/aromatic N) is 3. The number of thioether (sulfide) groups is 1. The van der Waals surface area contributed by atoms with Gasteiger partial charge >= 0.3 is 0 Å². The number of hydrogen-bond donors (Lipinski definition) is 0. The minimum Gasteiger partial charge on any atom is -0.337 e. The molecule has 3 aromatic rings. The number of carbonyl (C=O) groups excluding carboxylic acids is 1. The second-order valence-electron chi connectivity index (χ2n) is 5.86. The number of aromatic nitrogens is 2. The molecule has 1 heterocycles. The van der Waals surface area contributed by atoms with Gasteiger partial charge < -0.3 is 4.90 Å². The Morgan fingerprint density at radius 3 is 2.12 bits per heavy atom. The molecule has 0 aliphatic carbocycles. The Labute approximate surface area is 158 Å². The topological polar surface area (TPSA) is 46.1 Å². The van der Waals surface area contributed by atoms with Gasteiger partial charge in [0.15, 0.2) is 5.16 Å². The Morgan fingerprint density at radius 2 is 1.46 bits per heavy atom. The zero-order chi connectivity index (χ0) is 18.0. The first-order valence-electron chi connectivity index (χ1n) is 8.57. The first-order chi connectivity index (χ1) is 12.8. The van der Waals surface area contributed by atoms with Crippen LogP contribution in [0.3, 0.4) is 0 Å². The van der Waals surface area contributed by atoms with Crippen LogP contribution in [-0.4, -0.2) is 33.1 Å². The predicted molar refractivity (Wildman–Crippen MR) is 105 cm³/mol. The highest BCUT2D eigenvalue weighted by Crippen LogP contribution is 2.14. The lowest BCUT2D eigenvalue weighted by Gasteiger charge is -2.23. The number of rotatable bonds is 8. The van der Waals surface area contributed by atoms with Gasteiger partial charge in [-0.15, -0.1) is 0 Å². The molecule has 5 heteroatoms. The quantitative estimate of drug-likeness (QED) is 0.451. The summed E-state index contributed by atoms with van der Waals surface area (Å²) >= 11 is 1.38. The van der Waals surface area contributed by atoms with Crippen molar-refractivity contribution in [3.8, 4) is 0 Å². The lowest BCUT2D eigenvalue weighted by atomic mass is 10.1. The molecule has 0 atom stereocenters. The van der Waals surface area contributed by atoms with Crippen molar-refractivity contribution in [2.75, 3.05) is 12.3 Å². The van der Waals surface area contributed by atoms with Crippen LogP contribution in [-0.2, 0) is 17.8 Å². The van der Waals surface area contributed by atoms with E-state index in [0.717, 1.165) is 12.0 Å². The second-order valence-corrected chi connectivity index (χ2v) is 6.80. The minimum absolute atomic E-state index is 0.0993. The molecule has 2 aromatic carbocycles. The summed E-state index contributed by atoms with van der Waals surface area (Å²) in [6.45, 7) is 1.30. The maximum Gasteiger partial charge on any atom is 0.233 e. The molecular weight excluding hydrogens is 342 g/mol. The highest BCUT2D eigenvalue weighted by Gasteiger charge is 2.15. The van der Waals surface area contributed by atoms with Crippen LogP contribution >= 0.6 is 11.8 Å². The summed E-state index contributed by atoms with van der Waals surface area (Å²) in [6, 6.07) is 22.1. The SMILES string of the molecule is O=C(CSc1ncccn1)N(CCc1ccccc1)Cc1ccccc1. The van der Waals surface area contributed by atoms with Gasteiger partial charge in [0.05, 0.1) is 5.75 Å². The molecule has 0 radical (unpaired) electrons. The van der Waals surface area contributed by atoms with E-state index in [-0.39, 0.29) is 5.91 Å². The first kappa shape index (κ1) is 18.1. The Balaban J connectivity index is 1.63. The molecule has 0 aliphatic rings. The number of hydrogen-bond acceptors (Lipinski definition) is 4. The molecule has 0 unspecified atom stereocenters. The molecule has 0 saturated carbocycles. The average molecular weight is 363 g/mol.